The van der Waals surface area contributed by atoms with Crippen molar-refractivity contribution in [1.82, 2.24) is 0 Å². The standard InChI is InChI=1S/C8H7F2NOS/c9-5-1-2-6(10)7(3-5)11-8(12)4-13/h1-3,13H,4H2,(H,11,12). The lowest BCUT2D eigenvalue weighted by atomic mass is 10.3. The van der Waals surface area contributed by atoms with Gasteiger partial charge in [0.2, 0.25) is 5.91 Å². The highest BCUT2D eigenvalue weighted by molar-refractivity contribution is 7.81. The second-order valence-corrected chi connectivity index (χ2v) is 2.65. The van der Waals surface area contributed by atoms with Crippen LogP contribution in [-0.4, -0.2) is 11.7 Å². The molecular weight excluding hydrogens is 196 g/mol. The minimum absolute atomic E-state index is 0.0735. The lowest BCUT2D eigenvalue weighted by Gasteiger charge is -2.03. The molecule has 1 aromatic carbocycles. The molecule has 0 atom stereocenters. The summed E-state index contributed by atoms with van der Waals surface area (Å²) >= 11 is 3.68. The summed E-state index contributed by atoms with van der Waals surface area (Å²) < 4.78 is 25.4. The van der Waals surface area contributed by atoms with Crippen LogP contribution in [0.3, 0.4) is 0 Å². The Kier molecular flexibility index (Phi) is 3.25. The van der Waals surface area contributed by atoms with Crippen LogP contribution in [0.5, 0.6) is 0 Å². The molecule has 0 spiro atoms. The molecule has 0 aliphatic heterocycles. The molecule has 1 N–H and O–H groups in total. The molecule has 0 aliphatic rings. The van der Waals surface area contributed by atoms with Crippen LogP contribution >= 0.6 is 12.6 Å². The van der Waals surface area contributed by atoms with Gasteiger partial charge in [0.05, 0.1) is 11.4 Å². The van der Waals surface area contributed by atoms with Gasteiger partial charge in [0.25, 0.3) is 0 Å². The van der Waals surface area contributed by atoms with E-state index in [0.29, 0.717) is 0 Å². The van der Waals surface area contributed by atoms with E-state index in [1.807, 2.05) is 0 Å². The quantitative estimate of drug-likeness (QED) is 0.705. The van der Waals surface area contributed by atoms with E-state index in [4.69, 9.17) is 0 Å². The van der Waals surface area contributed by atoms with Crippen molar-refractivity contribution in [3.05, 3.63) is 29.8 Å². The third-order valence-corrected chi connectivity index (χ3v) is 1.63. The van der Waals surface area contributed by atoms with E-state index in [1.54, 1.807) is 0 Å². The molecule has 2 nitrogen and oxygen atoms in total. The summed E-state index contributed by atoms with van der Waals surface area (Å²) in [4.78, 5) is 10.8. The predicted octanol–water partition coefficient (Wildman–Crippen LogP) is 1.83. The van der Waals surface area contributed by atoms with Gasteiger partial charge < -0.3 is 5.32 Å². The average Bonchev–Trinajstić information content (AvgIpc) is 2.11. The fourth-order valence-electron chi connectivity index (χ4n) is 0.783. The molecule has 0 radical (unpaired) electrons. The maximum absolute atomic E-state index is 12.9. The van der Waals surface area contributed by atoms with E-state index in [2.05, 4.69) is 17.9 Å². The first kappa shape index (κ1) is 9.98. The minimum atomic E-state index is -0.670. The van der Waals surface area contributed by atoms with Crippen molar-refractivity contribution in [1.29, 1.82) is 0 Å². The second kappa shape index (κ2) is 4.23. The van der Waals surface area contributed by atoms with E-state index in [1.165, 1.54) is 0 Å². The molecule has 0 saturated carbocycles. The molecule has 5 heteroatoms. The number of carbonyl (C=O) groups excluding carboxylic acids is 1. The Bertz CT molecular complexity index is 330. The van der Waals surface area contributed by atoms with Gasteiger partial charge in [-0.25, -0.2) is 8.78 Å². The molecular formula is C8H7F2NOS. The SMILES string of the molecule is O=C(CS)Nc1cc(F)ccc1F. The van der Waals surface area contributed by atoms with Gasteiger partial charge >= 0.3 is 0 Å². The van der Waals surface area contributed by atoms with Crippen LogP contribution in [0.15, 0.2) is 18.2 Å². The number of benzene rings is 1. The average molecular weight is 203 g/mol. The summed E-state index contributed by atoms with van der Waals surface area (Å²) in [6, 6.07) is 2.84. The largest absolute Gasteiger partial charge is 0.323 e. The molecule has 0 aliphatic carbocycles. The normalized spacial score (nSPS) is 9.77. The first-order chi connectivity index (χ1) is 6.13. The van der Waals surface area contributed by atoms with Gasteiger partial charge in [0.1, 0.15) is 11.6 Å². The third kappa shape index (κ3) is 2.69. The number of thiol groups is 1. The van der Waals surface area contributed by atoms with Gasteiger partial charge in [-0.3, -0.25) is 4.79 Å². The second-order valence-electron chi connectivity index (χ2n) is 2.33. The highest BCUT2D eigenvalue weighted by Gasteiger charge is 2.06. The molecule has 0 heterocycles. The van der Waals surface area contributed by atoms with Crippen LogP contribution in [0.4, 0.5) is 14.5 Å². The molecule has 0 unspecified atom stereocenters. The highest BCUT2D eigenvalue weighted by atomic mass is 32.1. The van der Waals surface area contributed by atoms with Crippen molar-refractivity contribution < 1.29 is 13.6 Å². The molecule has 0 saturated heterocycles. The van der Waals surface area contributed by atoms with Crippen LogP contribution in [0.25, 0.3) is 0 Å². The molecule has 70 valence electrons. The summed E-state index contributed by atoms with van der Waals surface area (Å²) in [5, 5.41) is 2.17. The number of hydrogen-bond acceptors (Lipinski definition) is 2. The van der Waals surface area contributed by atoms with Gasteiger partial charge in [-0.15, -0.1) is 0 Å². The summed E-state index contributed by atoms with van der Waals surface area (Å²) in [5.41, 5.74) is -0.168. The molecule has 13 heavy (non-hydrogen) atoms. The van der Waals surface area contributed by atoms with Crippen molar-refractivity contribution >= 4 is 24.2 Å². The Morgan fingerprint density at radius 1 is 1.46 bits per heavy atom. The molecule has 0 bridgehead atoms. The Hall–Kier alpha value is -1.10. The predicted molar refractivity (Wildman–Crippen MR) is 48.8 cm³/mol. The minimum Gasteiger partial charge on any atom is -0.323 e. The summed E-state index contributed by atoms with van der Waals surface area (Å²) in [5.74, 6) is -1.82. The number of anilines is 1. The lowest BCUT2D eigenvalue weighted by Crippen LogP contribution is -2.13. The van der Waals surface area contributed by atoms with Crippen LogP contribution in [0.2, 0.25) is 0 Å². The highest BCUT2D eigenvalue weighted by Crippen LogP contribution is 2.14. The number of rotatable bonds is 2. The molecule has 1 amide bonds. The summed E-state index contributed by atoms with van der Waals surface area (Å²) in [6.45, 7) is 0. The molecule has 0 fully saturated rings. The van der Waals surface area contributed by atoms with Gasteiger partial charge in [-0.1, -0.05) is 0 Å². The number of hydrogen-bond donors (Lipinski definition) is 2. The Labute approximate surface area is 79.4 Å². The molecule has 0 aromatic heterocycles. The number of amides is 1. The van der Waals surface area contributed by atoms with Crippen molar-refractivity contribution in [3.8, 4) is 0 Å². The number of nitrogens with one attached hydrogen (secondary N) is 1. The van der Waals surface area contributed by atoms with Crippen molar-refractivity contribution in [2.75, 3.05) is 11.1 Å². The molecule has 1 aromatic rings. The van der Waals surface area contributed by atoms with Crippen LogP contribution in [-0.2, 0) is 4.79 Å². The lowest BCUT2D eigenvalue weighted by molar-refractivity contribution is -0.113. The summed E-state index contributed by atoms with van der Waals surface area (Å²) in [6.07, 6.45) is 0. The van der Waals surface area contributed by atoms with E-state index >= 15 is 0 Å². The fourth-order valence-corrected chi connectivity index (χ4v) is 0.862. The smallest absolute Gasteiger partial charge is 0.234 e. The zero-order chi connectivity index (χ0) is 9.84. The zero-order valence-corrected chi connectivity index (χ0v) is 7.44. The van der Waals surface area contributed by atoms with Gasteiger partial charge in [-0.2, -0.15) is 12.6 Å². The fraction of sp³-hybridized carbons (Fsp3) is 0.125. The van der Waals surface area contributed by atoms with Crippen LogP contribution < -0.4 is 5.32 Å². The first-order valence-electron chi connectivity index (χ1n) is 3.49. The maximum Gasteiger partial charge on any atom is 0.234 e. The van der Waals surface area contributed by atoms with Gasteiger partial charge in [0, 0.05) is 6.07 Å². The summed E-state index contributed by atoms with van der Waals surface area (Å²) in [7, 11) is 0. The van der Waals surface area contributed by atoms with Crippen molar-refractivity contribution in [2.24, 2.45) is 0 Å². The Morgan fingerprint density at radius 2 is 2.15 bits per heavy atom. The topological polar surface area (TPSA) is 29.1 Å². The van der Waals surface area contributed by atoms with Crippen LogP contribution in [0, 0.1) is 11.6 Å². The van der Waals surface area contributed by atoms with Crippen molar-refractivity contribution in [2.45, 2.75) is 0 Å². The number of halogens is 2. The van der Waals surface area contributed by atoms with Crippen LogP contribution in [0.1, 0.15) is 0 Å². The monoisotopic (exact) mass is 203 g/mol. The zero-order valence-electron chi connectivity index (χ0n) is 6.55. The Morgan fingerprint density at radius 3 is 2.77 bits per heavy atom. The van der Waals surface area contributed by atoms with Gasteiger partial charge in [0.15, 0.2) is 0 Å². The molecule has 1 rings (SSSR count). The first-order valence-corrected chi connectivity index (χ1v) is 4.12. The van der Waals surface area contributed by atoms with Gasteiger partial charge in [-0.05, 0) is 12.1 Å². The van der Waals surface area contributed by atoms with E-state index in [9.17, 15) is 13.6 Å². The van der Waals surface area contributed by atoms with E-state index in [-0.39, 0.29) is 11.4 Å². The maximum atomic E-state index is 12.9. The number of carbonyl (C=O) groups is 1. The third-order valence-electron chi connectivity index (χ3n) is 1.35. The Balaban J connectivity index is 2.87. The van der Waals surface area contributed by atoms with Crippen molar-refractivity contribution in [3.63, 3.8) is 0 Å². The van der Waals surface area contributed by atoms with E-state index in [0.717, 1.165) is 18.2 Å². The van der Waals surface area contributed by atoms with E-state index < -0.39 is 17.5 Å².